The van der Waals surface area contributed by atoms with Gasteiger partial charge in [0.1, 0.15) is 4.90 Å². The molecule has 0 spiro atoms. The summed E-state index contributed by atoms with van der Waals surface area (Å²) in [4.78, 5) is 16.9. The van der Waals surface area contributed by atoms with Crippen molar-refractivity contribution >= 4 is 39.1 Å². The number of benzene rings is 2. The zero-order valence-electron chi connectivity index (χ0n) is 15.6. The van der Waals surface area contributed by atoms with Crippen LogP contribution in [0.1, 0.15) is 34.3 Å². The third-order valence-electron chi connectivity index (χ3n) is 5.61. The molecule has 0 aromatic heterocycles. The summed E-state index contributed by atoms with van der Waals surface area (Å²) >= 11 is 12.0. The lowest BCUT2D eigenvalue weighted by molar-refractivity contribution is 0.0590. The van der Waals surface area contributed by atoms with Crippen molar-refractivity contribution in [1.29, 1.82) is 0 Å². The van der Waals surface area contributed by atoms with E-state index in [2.05, 4.69) is 4.90 Å². The van der Waals surface area contributed by atoms with Gasteiger partial charge in [-0.15, -0.1) is 0 Å². The Labute approximate surface area is 180 Å². The fourth-order valence-electron chi connectivity index (χ4n) is 4.08. The summed E-state index contributed by atoms with van der Waals surface area (Å²) in [7, 11) is -3.98. The normalized spacial score (nSPS) is 18.3. The second kappa shape index (κ2) is 7.89. The van der Waals surface area contributed by atoms with Crippen molar-refractivity contribution in [3.8, 4) is 0 Å². The molecule has 0 unspecified atom stereocenters. The average Bonchev–Trinajstić information content (AvgIpc) is 2.98. The molecule has 0 bridgehead atoms. The highest BCUT2D eigenvalue weighted by Crippen LogP contribution is 2.33. The van der Waals surface area contributed by atoms with Crippen molar-refractivity contribution in [2.24, 2.45) is 5.14 Å². The lowest BCUT2D eigenvalue weighted by atomic mass is 10.0. The van der Waals surface area contributed by atoms with Gasteiger partial charge in [0.25, 0.3) is 5.91 Å². The van der Waals surface area contributed by atoms with Gasteiger partial charge in [-0.05, 0) is 48.2 Å². The van der Waals surface area contributed by atoms with Gasteiger partial charge in [0.2, 0.25) is 10.0 Å². The van der Waals surface area contributed by atoms with Crippen molar-refractivity contribution in [2.75, 3.05) is 13.1 Å². The third kappa shape index (κ3) is 4.29. The SMILES string of the molecule is NS(=O)(=O)c1cc2c(cc1Cl)CN(C1CCN(Cc3ccc(Cl)cc3)CC1)C2=O. The number of halogens is 2. The number of rotatable bonds is 4. The van der Waals surface area contributed by atoms with Crippen LogP contribution in [0.3, 0.4) is 0 Å². The molecule has 154 valence electrons. The summed E-state index contributed by atoms with van der Waals surface area (Å²) in [6.45, 7) is 3.07. The zero-order valence-corrected chi connectivity index (χ0v) is 18.0. The number of hydrogen-bond donors (Lipinski definition) is 1. The molecule has 6 nitrogen and oxygen atoms in total. The summed E-state index contributed by atoms with van der Waals surface area (Å²) < 4.78 is 23.4. The van der Waals surface area contributed by atoms with E-state index in [-0.39, 0.29) is 21.9 Å². The Hall–Kier alpha value is -1.64. The molecule has 2 aromatic carbocycles. The molecule has 1 fully saturated rings. The summed E-state index contributed by atoms with van der Waals surface area (Å²) in [5.74, 6) is -0.155. The predicted molar refractivity (Wildman–Crippen MR) is 112 cm³/mol. The number of hydrogen-bond acceptors (Lipinski definition) is 4. The Morgan fingerprint density at radius 1 is 1.07 bits per heavy atom. The Balaban J connectivity index is 1.43. The van der Waals surface area contributed by atoms with Gasteiger partial charge in [0.05, 0.1) is 5.02 Å². The molecule has 2 heterocycles. The van der Waals surface area contributed by atoms with E-state index in [1.165, 1.54) is 11.6 Å². The molecule has 2 aliphatic heterocycles. The highest BCUT2D eigenvalue weighted by atomic mass is 35.5. The van der Waals surface area contributed by atoms with E-state index >= 15 is 0 Å². The minimum Gasteiger partial charge on any atom is -0.331 e. The summed E-state index contributed by atoms with van der Waals surface area (Å²) in [5, 5.41) is 5.99. The van der Waals surface area contributed by atoms with Gasteiger partial charge < -0.3 is 4.90 Å². The largest absolute Gasteiger partial charge is 0.331 e. The van der Waals surface area contributed by atoms with E-state index in [0.29, 0.717) is 12.1 Å². The van der Waals surface area contributed by atoms with Crippen LogP contribution in [0.15, 0.2) is 41.3 Å². The maximum Gasteiger partial charge on any atom is 0.254 e. The number of nitrogens with two attached hydrogens (primary N) is 1. The van der Waals surface area contributed by atoms with E-state index in [4.69, 9.17) is 28.3 Å². The van der Waals surface area contributed by atoms with E-state index in [9.17, 15) is 13.2 Å². The molecule has 0 atom stereocenters. The topological polar surface area (TPSA) is 83.7 Å². The van der Waals surface area contributed by atoms with Crippen molar-refractivity contribution in [3.05, 3.63) is 63.1 Å². The van der Waals surface area contributed by atoms with Gasteiger partial charge in [-0.2, -0.15) is 0 Å². The van der Waals surface area contributed by atoms with Gasteiger partial charge in [-0.1, -0.05) is 35.3 Å². The minimum atomic E-state index is -3.98. The van der Waals surface area contributed by atoms with Gasteiger partial charge in [0, 0.05) is 42.8 Å². The first-order chi connectivity index (χ1) is 13.7. The Morgan fingerprint density at radius 3 is 2.34 bits per heavy atom. The first-order valence-corrected chi connectivity index (χ1v) is 11.7. The van der Waals surface area contributed by atoms with Crippen molar-refractivity contribution < 1.29 is 13.2 Å². The second-order valence-corrected chi connectivity index (χ2v) is 9.93. The van der Waals surface area contributed by atoms with Crippen LogP contribution in [0.2, 0.25) is 10.0 Å². The monoisotopic (exact) mass is 453 g/mol. The number of amides is 1. The van der Waals surface area contributed by atoms with Crippen LogP contribution in [-0.4, -0.2) is 43.3 Å². The highest BCUT2D eigenvalue weighted by molar-refractivity contribution is 7.89. The first-order valence-electron chi connectivity index (χ1n) is 9.35. The third-order valence-corrected chi connectivity index (χ3v) is 7.24. The van der Waals surface area contributed by atoms with Crippen molar-refractivity contribution in [3.63, 3.8) is 0 Å². The Bertz CT molecular complexity index is 1050. The zero-order chi connectivity index (χ0) is 20.8. The number of nitrogens with zero attached hydrogens (tertiary/aromatic N) is 2. The fourth-order valence-corrected chi connectivity index (χ4v) is 5.33. The number of carbonyl (C=O) groups excluding carboxylic acids is 1. The van der Waals surface area contributed by atoms with E-state index in [1.54, 1.807) is 6.07 Å². The summed E-state index contributed by atoms with van der Waals surface area (Å²) in [5.41, 5.74) is 2.33. The predicted octanol–water partition coefficient (Wildman–Crippen LogP) is 3.26. The quantitative estimate of drug-likeness (QED) is 0.769. The van der Waals surface area contributed by atoms with Crippen molar-refractivity contribution in [2.45, 2.75) is 36.9 Å². The molecule has 2 aliphatic rings. The summed E-state index contributed by atoms with van der Waals surface area (Å²) in [6, 6.07) is 10.8. The van der Waals surface area contributed by atoms with E-state index < -0.39 is 10.0 Å². The lowest BCUT2D eigenvalue weighted by Gasteiger charge is -2.36. The molecule has 0 radical (unpaired) electrons. The number of piperidine rings is 1. The van der Waals surface area contributed by atoms with Gasteiger partial charge >= 0.3 is 0 Å². The fraction of sp³-hybridized carbons (Fsp3) is 0.350. The first kappa shape index (κ1) is 20.6. The molecule has 29 heavy (non-hydrogen) atoms. The summed E-state index contributed by atoms with van der Waals surface area (Å²) in [6.07, 6.45) is 1.73. The molecule has 2 N–H and O–H groups in total. The number of sulfonamides is 1. The molecule has 0 saturated carbocycles. The number of primary sulfonamides is 1. The minimum absolute atomic E-state index is 0.0543. The molecule has 9 heteroatoms. The van der Waals surface area contributed by atoms with E-state index in [0.717, 1.165) is 43.1 Å². The van der Waals surface area contributed by atoms with Gasteiger partial charge in [-0.3, -0.25) is 9.69 Å². The van der Waals surface area contributed by atoms with E-state index in [1.807, 2.05) is 29.2 Å². The van der Waals surface area contributed by atoms with Crippen LogP contribution < -0.4 is 5.14 Å². The van der Waals surface area contributed by atoms with Gasteiger partial charge in [-0.25, -0.2) is 13.6 Å². The highest BCUT2D eigenvalue weighted by Gasteiger charge is 2.35. The maximum absolute atomic E-state index is 12.9. The number of fused-ring (bicyclic) bond motifs is 1. The smallest absolute Gasteiger partial charge is 0.254 e. The molecular weight excluding hydrogens is 433 g/mol. The maximum atomic E-state index is 12.9. The molecule has 4 rings (SSSR count). The van der Waals surface area contributed by atoms with Crippen LogP contribution in [0.25, 0.3) is 0 Å². The second-order valence-electron chi connectivity index (χ2n) is 7.55. The molecule has 0 aliphatic carbocycles. The standard InChI is InChI=1S/C20H21Cl2N3O3S/c21-15-3-1-13(2-4-15)11-24-7-5-16(6-8-24)25-12-14-9-18(22)19(29(23,27)28)10-17(14)20(25)26/h1-4,9-10,16H,5-8,11-12H2,(H2,23,27,28). The lowest BCUT2D eigenvalue weighted by Crippen LogP contribution is -2.44. The molecule has 2 aromatic rings. The van der Waals surface area contributed by atoms with Crippen LogP contribution in [0.5, 0.6) is 0 Å². The Morgan fingerprint density at radius 2 is 1.72 bits per heavy atom. The van der Waals surface area contributed by atoms with Crippen LogP contribution >= 0.6 is 23.2 Å². The van der Waals surface area contributed by atoms with Crippen LogP contribution in [0.4, 0.5) is 0 Å². The number of likely N-dealkylation sites (tertiary alicyclic amines) is 1. The molecule has 1 amide bonds. The number of carbonyl (C=O) groups is 1. The van der Waals surface area contributed by atoms with Crippen LogP contribution in [-0.2, 0) is 23.1 Å². The van der Waals surface area contributed by atoms with Crippen LogP contribution in [0, 0.1) is 0 Å². The molecular formula is C20H21Cl2N3O3S. The Kier molecular flexibility index (Phi) is 5.61. The molecule has 1 saturated heterocycles. The average molecular weight is 454 g/mol. The van der Waals surface area contributed by atoms with Gasteiger partial charge in [0.15, 0.2) is 0 Å². The van der Waals surface area contributed by atoms with Crippen molar-refractivity contribution in [1.82, 2.24) is 9.80 Å².